The molecule has 2 aromatic heterocycles. The van der Waals surface area contributed by atoms with Crippen LogP contribution in [0.4, 0.5) is 4.39 Å². The predicted molar refractivity (Wildman–Crippen MR) is 120 cm³/mol. The Morgan fingerprint density at radius 3 is 2.52 bits per heavy atom. The molecule has 0 bridgehead atoms. The minimum Gasteiger partial charge on any atom is -0.494 e. The summed E-state index contributed by atoms with van der Waals surface area (Å²) in [6.07, 6.45) is 7.02. The van der Waals surface area contributed by atoms with E-state index in [0.29, 0.717) is 17.3 Å². The molecule has 0 aliphatic carbocycles. The third-order valence-electron chi connectivity index (χ3n) is 5.60. The molecular formula is C24H27ClFN3O2. The first-order chi connectivity index (χ1) is 14.6. The van der Waals surface area contributed by atoms with Crippen LogP contribution in [-0.2, 0) is 4.74 Å². The van der Waals surface area contributed by atoms with Gasteiger partial charge in [0.05, 0.1) is 46.5 Å². The van der Waals surface area contributed by atoms with Crippen molar-refractivity contribution in [2.24, 2.45) is 0 Å². The van der Waals surface area contributed by atoms with E-state index >= 15 is 0 Å². The largest absolute Gasteiger partial charge is 0.494 e. The zero-order valence-corrected chi connectivity index (χ0v) is 19.2. The molecule has 0 unspecified atom stereocenters. The van der Waals surface area contributed by atoms with Gasteiger partial charge in [0.25, 0.3) is 0 Å². The van der Waals surface area contributed by atoms with Crippen LogP contribution < -0.4 is 4.74 Å². The molecule has 4 rings (SSSR count). The van der Waals surface area contributed by atoms with Gasteiger partial charge >= 0.3 is 0 Å². The molecule has 1 aliphatic heterocycles. The monoisotopic (exact) mass is 443 g/mol. The predicted octanol–water partition coefficient (Wildman–Crippen LogP) is 6.19. The fraction of sp³-hybridized carbons (Fsp3) is 0.417. The van der Waals surface area contributed by atoms with Crippen molar-refractivity contribution in [3.63, 3.8) is 0 Å². The lowest BCUT2D eigenvalue weighted by atomic mass is 9.79. The van der Waals surface area contributed by atoms with Crippen molar-refractivity contribution in [2.75, 3.05) is 7.11 Å². The van der Waals surface area contributed by atoms with Crippen LogP contribution in [-0.4, -0.2) is 32.8 Å². The third-order valence-corrected chi connectivity index (χ3v) is 5.90. The lowest BCUT2D eigenvalue weighted by Crippen LogP contribution is -2.44. The number of nitrogens with zero attached hydrogens (tertiary/aromatic N) is 3. The first-order valence-electron chi connectivity index (χ1n) is 10.3. The molecule has 5 nitrogen and oxygen atoms in total. The number of benzene rings is 1. The Morgan fingerprint density at radius 1 is 1.16 bits per heavy atom. The molecule has 7 heteroatoms. The lowest BCUT2D eigenvalue weighted by molar-refractivity contribution is -0.162. The summed E-state index contributed by atoms with van der Waals surface area (Å²) in [5.74, 6) is 0.986. The second kappa shape index (κ2) is 7.92. The molecule has 3 heterocycles. The molecule has 1 fully saturated rings. The molecule has 0 saturated carbocycles. The summed E-state index contributed by atoms with van der Waals surface area (Å²) in [5.41, 5.74) is 1.83. The van der Waals surface area contributed by atoms with Gasteiger partial charge in [0.15, 0.2) is 0 Å². The molecule has 0 radical (unpaired) electrons. The fourth-order valence-corrected chi connectivity index (χ4v) is 4.76. The molecule has 0 N–H and O–H groups in total. The van der Waals surface area contributed by atoms with Gasteiger partial charge in [-0.15, -0.1) is 0 Å². The van der Waals surface area contributed by atoms with Crippen LogP contribution in [0.1, 0.15) is 52.1 Å². The van der Waals surface area contributed by atoms with Crippen LogP contribution in [0, 0.1) is 5.82 Å². The molecule has 1 aliphatic rings. The summed E-state index contributed by atoms with van der Waals surface area (Å²) >= 11 is 5.92. The summed E-state index contributed by atoms with van der Waals surface area (Å²) in [6, 6.07) is 6.61. The van der Waals surface area contributed by atoms with Crippen LogP contribution in [0.25, 0.3) is 17.1 Å². The van der Waals surface area contributed by atoms with Crippen molar-refractivity contribution in [2.45, 2.75) is 57.7 Å². The number of halogens is 2. The van der Waals surface area contributed by atoms with Crippen molar-refractivity contribution in [3.8, 4) is 22.8 Å². The van der Waals surface area contributed by atoms with Crippen molar-refractivity contribution in [3.05, 3.63) is 59.4 Å². The van der Waals surface area contributed by atoms with Crippen LogP contribution in [0.15, 0.2) is 42.9 Å². The van der Waals surface area contributed by atoms with Gasteiger partial charge in [0.1, 0.15) is 17.4 Å². The van der Waals surface area contributed by atoms with Crippen LogP contribution in [0.2, 0.25) is 5.02 Å². The number of hydrogen-bond donors (Lipinski definition) is 0. The minimum absolute atomic E-state index is 0.0834. The highest BCUT2D eigenvalue weighted by Gasteiger charge is 2.41. The van der Waals surface area contributed by atoms with E-state index in [0.717, 1.165) is 24.1 Å². The quantitative estimate of drug-likeness (QED) is 0.482. The van der Waals surface area contributed by atoms with Crippen LogP contribution >= 0.6 is 11.6 Å². The zero-order valence-electron chi connectivity index (χ0n) is 18.4. The second-order valence-electron chi connectivity index (χ2n) is 9.26. The first kappa shape index (κ1) is 21.8. The van der Waals surface area contributed by atoms with Crippen molar-refractivity contribution in [1.82, 2.24) is 14.5 Å². The number of aromatic nitrogens is 3. The molecule has 1 aromatic carbocycles. The van der Waals surface area contributed by atoms with Gasteiger partial charge in [-0.2, -0.15) is 0 Å². The summed E-state index contributed by atoms with van der Waals surface area (Å²) in [4.78, 5) is 9.17. The number of imidazole rings is 1. The smallest absolute Gasteiger partial charge is 0.148 e. The Kier molecular flexibility index (Phi) is 5.56. The van der Waals surface area contributed by atoms with E-state index in [2.05, 4.69) is 32.7 Å². The van der Waals surface area contributed by atoms with E-state index in [4.69, 9.17) is 26.1 Å². The second-order valence-corrected chi connectivity index (χ2v) is 9.67. The average Bonchev–Trinajstić information content (AvgIpc) is 3.13. The highest BCUT2D eigenvalue weighted by Crippen LogP contribution is 2.44. The molecule has 1 saturated heterocycles. The maximum absolute atomic E-state index is 14.3. The van der Waals surface area contributed by atoms with E-state index < -0.39 is 5.82 Å². The average molecular weight is 444 g/mol. The van der Waals surface area contributed by atoms with Crippen LogP contribution in [0.5, 0.6) is 5.75 Å². The highest BCUT2D eigenvalue weighted by molar-refractivity contribution is 6.30. The number of methoxy groups -OCH3 is 1. The Balaban J connectivity index is 1.87. The fourth-order valence-electron chi connectivity index (χ4n) is 4.64. The van der Waals surface area contributed by atoms with E-state index in [9.17, 15) is 4.39 Å². The number of rotatable bonds is 4. The van der Waals surface area contributed by atoms with Gasteiger partial charge in [-0.3, -0.25) is 9.55 Å². The van der Waals surface area contributed by atoms with Gasteiger partial charge in [0, 0.05) is 18.3 Å². The van der Waals surface area contributed by atoms with Crippen LogP contribution in [0.3, 0.4) is 0 Å². The van der Waals surface area contributed by atoms with Crippen molar-refractivity contribution >= 4 is 11.6 Å². The van der Waals surface area contributed by atoms with Gasteiger partial charge < -0.3 is 9.47 Å². The number of pyridine rings is 1. The van der Waals surface area contributed by atoms with E-state index in [1.807, 2.05) is 16.8 Å². The minimum atomic E-state index is -0.476. The Labute approximate surface area is 187 Å². The number of ether oxygens (including phenoxy) is 2. The Hall–Kier alpha value is -2.44. The Morgan fingerprint density at radius 2 is 1.87 bits per heavy atom. The standard InChI is InChI=1S/C24H27ClFN3O2/c1-23(2)11-15(12-24(3,4)31-23)20-14-29(16-6-7-18(25)19(26)10-16)22(28-20)17-8-9-27-13-21(17)30-5/h6-10,13-15H,11-12H2,1-5H3. The maximum atomic E-state index is 14.3. The highest BCUT2D eigenvalue weighted by atomic mass is 35.5. The normalized spacial score (nSPS) is 18.2. The van der Waals surface area contributed by atoms with E-state index in [-0.39, 0.29) is 22.1 Å². The molecule has 0 spiro atoms. The Bertz CT molecular complexity index is 1090. The van der Waals surface area contributed by atoms with Gasteiger partial charge in [-0.25, -0.2) is 9.37 Å². The topological polar surface area (TPSA) is 49.2 Å². The molecule has 0 amide bonds. The van der Waals surface area contributed by atoms with Crippen molar-refractivity contribution in [1.29, 1.82) is 0 Å². The third kappa shape index (κ3) is 4.46. The summed E-state index contributed by atoms with van der Waals surface area (Å²) < 4.78 is 28.0. The molecule has 0 atom stereocenters. The SMILES string of the molecule is COc1cnccc1-c1nc(C2CC(C)(C)OC(C)(C)C2)cn1-c1ccc(Cl)c(F)c1. The molecule has 31 heavy (non-hydrogen) atoms. The molecule has 164 valence electrons. The summed E-state index contributed by atoms with van der Waals surface area (Å²) in [6.45, 7) is 8.44. The maximum Gasteiger partial charge on any atom is 0.148 e. The molecular weight excluding hydrogens is 417 g/mol. The van der Waals surface area contributed by atoms with E-state index in [1.54, 1.807) is 31.6 Å². The van der Waals surface area contributed by atoms with Gasteiger partial charge in [-0.05, 0) is 64.8 Å². The summed E-state index contributed by atoms with van der Waals surface area (Å²) in [5, 5.41) is 0.0834. The van der Waals surface area contributed by atoms with E-state index in [1.165, 1.54) is 6.07 Å². The number of hydrogen-bond acceptors (Lipinski definition) is 4. The van der Waals surface area contributed by atoms with Crippen molar-refractivity contribution < 1.29 is 13.9 Å². The van der Waals surface area contributed by atoms with Gasteiger partial charge in [-0.1, -0.05) is 11.6 Å². The first-order valence-corrected chi connectivity index (χ1v) is 10.7. The van der Waals surface area contributed by atoms with Gasteiger partial charge in [0.2, 0.25) is 0 Å². The molecule has 3 aromatic rings. The summed E-state index contributed by atoms with van der Waals surface area (Å²) in [7, 11) is 1.60. The zero-order chi connectivity index (χ0) is 22.4. The lowest BCUT2D eigenvalue weighted by Gasteiger charge is -2.45.